The highest BCUT2D eigenvalue weighted by Crippen LogP contribution is 2.26. The maximum Gasteiger partial charge on any atom is 0.295 e. The van der Waals surface area contributed by atoms with Crippen molar-refractivity contribution in [3.05, 3.63) is 46.1 Å². The van der Waals surface area contributed by atoms with Gasteiger partial charge in [0.2, 0.25) is 5.09 Å². The molecule has 0 atom stereocenters. The van der Waals surface area contributed by atoms with Crippen LogP contribution in [-0.4, -0.2) is 15.0 Å². The van der Waals surface area contributed by atoms with Gasteiger partial charge in [-0.3, -0.25) is 4.72 Å². The van der Waals surface area contributed by atoms with Crippen LogP contribution in [0.1, 0.15) is 12.7 Å². The molecule has 0 aliphatic rings. The average Bonchev–Trinajstić information content (AvgIpc) is 2.90. The number of rotatable bonds is 6. The van der Waals surface area contributed by atoms with E-state index in [-0.39, 0.29) is 10.1 Å². The first kappa shape index (κ1) is 16.2. The van der Waals surface area contributed by atoms with E-state index >= 15 is 0 Å². The Kier molecular flexibility index (Phi) is 5.16. The zero-order valence-electron chi connectivity index (χ0n) is 11.2. The number of hydrogen-bond donors (Lipinski definition) is 2. The Morgan fingerprint density at radius 1 is 1.14 bits per heavy atom. The first-order valence-electron chi connectivity index (χ1n) is 6.19. The smallest absolute Gasteiger partial charge is 0.295 e. The van der Waals surface area contributed by atoms with Gasteiger partial charge in [0.05, 0.1) is 22.3 Å². The molecular formula is C13H14Cl2N2O3S. The van der Waals surface area contributed by atoms with Crippen molar-refractivity contribution in [2.75, 3.05) is 11.3 Å². The van der Waals surface area contributed by atoms with Crippen molar-refractivity contribution in [1.82, 2.24) is 5.32 Å². The highest BCUT2D eigenvalue weighted by molar-refractivity contribution is 7.92. The van der Waals surface area contributed by atoms with E-state index in [1.54, 1.807) is 6.07 Å². The van der Waals surface area contributed by atoms with Gasteiger partial charge >= 0.3 is 0 Å². The molecule has 1 heterocycles. The fraction of sp³-hybridized carbons (Fsp3) is 0.231. The number of halogens is 2. The SMILES string of the molecule is CCNCc1ccc(S(=O)(=O)Nc2ccc(Cl)c(Cl)c2)o1. The third kappa shape index (κ3) is 4.14. The molecule has 0 aliphatic heterocycles. The summed E-state index contributed by atoms with van der Waals surface area (Å²) in [4.78, 5) is 0. The van der Waals surface area contributed by atoms with Crippen LogP contribution < -0.4 is 10.0 Å². The van der Waals surface area contributed by atoms with Crippen LogP contribution in [0.3, 0.4) is 0 Å². The summed E-state index contributed by atoms with van der Waals surface area (Å²) in [7, 11) is -3.79. The molecule has 0 saturated carbocycles. The van der Waals surface area contributed by atoms with Gasteiger partial charge in [-0.05, 0) is 36.9 Å². The van der Waals surface area contributed by atoms with Crippen LogP contribution in [-0.2, 0) is 16.6 Å². The Morgan fingerprint density at radius 2 is 1.90 bits per heavy atom. The Hall–Kier alpha value is -1.21. The molecule has 0 radical (unpaired) electrons. The largest absolute Gasteiger partial charge is 0.446 e. The van der Waals surface area contributed by atoms with Crippen LogP contribution >= 0.6 is 23.2 Å². The van der Waals surface area contributed by atoms with E-state index in [0.29, 0.717) is 23.0 Å². The molecule has 0 unspecified atom stereocenters. The van der Waals surface area contributed by atoms with Crippen molar-refractivity contribution in [2.45, 2.75) is 18.6 Å². The van der Waals surface area contributed by atoms with Gasteiger partial charge in [-0.25, -0.2) is 0 Å². The van der Waals surface area contributed by atoms with Crippen molar-refractivity contribution in [1.29, 1.82) is 0 Å². The summed E-state index contributed by atoms with van der Waals surface area (Å²) in [6, 6.07) is 7.50. The van der Waals surface area contributed by atoms with Crippen LogP contribution in [0.25, 0.3) is 0 Å². The summed E-state index contributed by atoms with van der Waals surface area (Å²) in [5.74, 6) is 0.548. The first-order chi connectivity index (χ1) is 9.92. The molecule has 0 saturated heterocycles. The van der Waals surface area contributed by atoms with Crippen LogP contribution in [0.4, 0.5) is 5.69 Å². The van der Waals surface area contributed by atoms with E-state index in [9.17, 15) is 8.42 Å². The maximum absolute atomic E-state index is 12.2. The molecule has 21 heavy (non-hydrogen) atoms. The van der Waals surface area contributed by atoms with E-state index in [1.807, 2.05) is 6.92 Å². The zero-order valence-corrected chi connectivity index (χ0v) is 13.5. The van der Waals surface area contributed by atoms with Gasteiger partial charge in [0, 0.05) is 0 Å². The Balaban J connectivity index is 2.17. The molecule has 0 aliphatic carbocycles. The molecule has 0 bridgehead atoms. The van der Waals surface area contributed by atoms with Crippen molar-refractivity contribution in [3.8, 4) is 0 Å². The molecule has 2 rings (SSSR count). The lowest BCUT2D eigenvalue weighted by Crippen LogP contribution is -2.13. The monoisotopic (exact) mass is 348 g/mol. The van der Waals surface area contributed by atoms with Gasteiger partial charge in [-0.15, -0.1) is 0 Å². The van der Waals surface area contributed by atoms with E-state index < -0.39 is 10.0 Å². The summed E-state index contributed by atoms with van der Waals surface area (Å²) >= 11 is 11.6. The fourth-order valence-electron chi connectivity index (χ4n) is 1.61. The van der Waals surface area contributed by atoms with Gasteiger partial charge in [0.25, 0.3) is 10.0 Å². The summed E-state index contributed by atoms with van der Waals surface area (Å²) in [6.45, 7) is 3.19. The highest BCUT2D eigenvalue weighted by Gasteiger charge is 2.19. The molecule has 0 fully saturated rings. The highest BCUT2D eigenvalue weighted by atomic mass is 35.5. The topological polar surface area (TPSA) is 71.3 Å². The first-order valence-corrected chi connectivity index (χ1v) is 8.43. The standard InChI is InChI=1S/C13H14Cl2N2O3S/c1-2-16-8-10-4-6-13(20-10)21(18,19)17-9-3-5-11(14)12(15)7-9/h3-7,16-17H,2,8H2,1H3. The lowest BCUT2D eigenvalue weighted by atomic mass is 10.3. The molecule has 1 aromatic carbocycles. The maximum atomic E-state index is 12.2. The number of sulfonamides is 1. The van der Waals surface area contributed by atoms with Gasteiger partial charge in [0.15, 0.2) is 0 Å². The van der Waals surface area contributed by atoms with E-state index in [2.05, 4.69) is 10.0 Å². The summed E-state index contributed by atoms with van der Waals surface area (Å²) in [6.07, 6.45) is 0. The second-order valence-electron chi connectivity index (χ2n) is 4.24. The predicted octanol–water partition coefficient (Wildman–Crippen LogP) is 3.50. The van der Waals surface area contributed by atoms with E-state index in [4.69, 9.17) is 27.6 Å². The predicted molar refractivity (Wildman–Crippen MR) is 83.4 cm³/mol. The molecule has 0 amide bonds. The lowest BCUT2D eigenvalue weighted by molar-refractivity contribution is 0.405. The van der Waals surface area contributed by atoms with Crippen molar-refractivity contribution in [2.24, 2.45) is 0 Å². The van der Waals surface area contributed by atoms with E-state index in [0.717, 1.165) is 6.54 Å². The number of nitrogens with one attached hydrogen (secondary N) is 2. The molecule has 5 nitrogen and oxygen atoms in total. The van der Waals surface area contributed by atoms with Crippen molar-refractivity contribution in [3.63, 3.8) is 0 Å². The minimum absolute atomic E-state index is 0.151. The summed E-state index contributed by atoms with van der Waals surface area (Å²) < 4.78 is 32.1. The number of anilines is 1. The Bertz CT molecular complexity index is 729. The van der Waals surface area contributed by atoms with Gasteiger partial charge in [-0.1, -0.05) is 30.1 Å². The van der Waals surface area contributed by atoms with Crippen molar-refractivity contribution >= 4 is 38.9 Å². The second kappa shape index (κ2) is 6.70. The number of hydrogen-bond acceptors (Lipinski definition) is 4. The van der Waals surface area contributed by atoms with Crippen LogP contribution in [0.5, 0.6) is 0 Å². The molecule has 1 aromatic heterocycles. The van der Waals surface area contributed by atoms with Gasteiger partial charge in [-0.2, -0.15) is 8.42 Å². The second-order valence-corrected chi connectivity index (χ2v) is 6.66. The Morgan fingerprint density at radius 3 is 2.57 bits per heavy atom. The summed E-state index contributed by atoms with van der Waals surface area (Å²) in [5.41, 5.74) is 0.314. The van der Waals surface area contributed by atoms with Crippen LogP contribution in [0.2, 0.25) is 10.0 Å². The van der Waals surface area contributed by atoms with E-state index in [1.165, 1.54) is 24.3 Å². The third-order valence-corrected chi connectivity index (χ3v) is 4.62. The number of benzene rings is 1. The molecule has 114 valence electrons. The molecule has 2 aromatic rings. The fourth-order valence-corrected chi connectivity index (χ4v) is 2.91. The van der Waals surface area contributed by atoms with Gasteiger partial charge < -0.3 is 9.73 Å². The molecule has 2 N–H and O–H groups in total. The lowest BCUT2D eigenvalue weighted by Gasteiger charge is -2.06. The minimum Gasteiger partial charge on any atom is -0.446 e. The normalized spacial score (nSPS) is 11.6. The summed E-state index contributed by atoms with van der Waals surface area (Å²) in [5, 5.41) is 3.52. The Labute approximate surface area is 133 Å². The molecule has 8 heteroatoms. The quantitative estimate of drug-likeness (QED) is 0.837. The number of furan rings is 1. The minimum atomic E-state index is -3.79. The van der Waals surface area contributed by atoms with Crippen LogP contribution in [0, 0.1) is 0 Å². The van der Waals surface area contributed by atoms with Crippen molar-refractivity contribution < 1.29 is 12.8 Å². The molecular weight excluding hydrogens is 335 g/mol. The van der Waals surface area contributed by atoms with Crippen LogP contribution in [0.15, 0.2) is 39.8 Å². The average molecular weight is 349 g/mol. The zero-order chi connectivity index (χ0) is 15.5. The third-order valence-electron chi connectivity index (χ3n) is 2.62. The van der Waals surface area contributed by atoms with Gasteiger partial charge in [0.1, 0.15) is 5.76 Å². The molecule has 0 spiro atoms.